The topological polar surface area (TPSA) is 141 Å². The summed E-state index contributed by atoms with van der Waals surface area (Å²) in [4.78, 5) is 54.8. The molecule has 1 aliphatic rings. The molecule has 0 aliphatic carbocycles. The molecule has 2 heterocycles. The molecule has 0 spiro atoms. The van der Waals surface area contributed by atoms with Crippen LogP contribution in [0.5, 0.6) is 0 Å². The van der Waals surface area contributed by atoms with E-state index in [2.05, 4.69) is 21.0 Å². The van der Waals surface area contributed by atoms with Crippen LogP contribution < -0.4 is 16.1 Å². The van der Waals surface area contributed by atoms with Gasteiger partial charge < -0.3 is 15.7 Å². The Balaban J connectivity index is 1.52. The van der Waals surface area contributed by atoms with E-state index in [4.69, 9.17) is 0 Å². The number of carbonyl (C=O) groups excluding carboxylic acids is 4. The van der Waals surface area contributed by atoms with Crippen LogP contribution in [0.3, 0.4) is 0 Å². The predicted octanol–water partition coefficient (Wildman–Crippen LogP) is 2.46. The van der Waals surface area contributed by atoms with Crippen molar-refractivity contribution in [1.82, 2.24) is 26.1 Å². The van der Waals surface area contributed by atoms with Crippen molar-refractivity contribution < 1.29 is 24.3 Å². The van der Waals surface area contributed by atoms with Crippen molar-refractivity contribution in [3.8, 4) is 11.3 Å². The van der Waals surface area contributed by atoms with Gasteiger partial charge in [-0.1, -0.05) is 38.1 Å². The van der Waals surface area contributed by atoms with Gasteiger partial charge >= 0.3 is 0 Å². The molecule has 1 fully saturated rings. The summed E-state index contributed by atoms with van der Waals surface area (Å²) in [6.07, 6.45) is 3.15. The monoisotopic (exact) mass is 551 g/mol. The Hall–Kier alpha value is -3.63. The minimum Gasteiger partial charge on any atom is -0.389 e. The molecule has 1 aromatic carbocycles. The smallest absolute Gasteiger partial charge is 0.258 e. The van der Waals surface area contributed by atoms with Crippen molar-refractivity contribution in [2.75, 3.05) is 6.54 Å². The predicted molar refractivity (Wildman–Crippen MR) is 152 cm³/mol. The van der Waals surface area contributed by atoms with Crippen LogP contribution in [0.25, 0.3) is 11.3 Å². The molecule has 4 atom stereocenters. The van der Waals surface area contributed by atoms with Crippen LogP contribution in [0.4, 0.5) is 0 Å². The second-order valence-corrected chi connectivity index (χ2v) is 10.8. The summed E-state index contributed by atoms with van der Waals surface area (Å²) in [7, 11) is 0. The van der Waals surface area contributed by atoms with Crippen LogP contribution in [0.1, 0.15) is 71.1 Å². The maximum Gasteiger partial charge on any atom is 0.258 e. The molecule has 0 unspecified atom stereocenters. The third-order valence-electron chi connectivity index (χ3n) is 7.07. The first-order valence-electron chi connectivity index (χ1n) is 13.9. The highest BCUT2D eigenvalue weighted by molar-refractivity contribution is 5.92. The average molecular weight is 552 g/mol. The number of hydrogen-bond acceptors (Lipinski definition) is 7. The lowest BCUT2D eigenvalue weighted by atomic mass is 10.0. The molecule has 40 heavy (non-hydrogen) atoms. The molecule has 1 aromatic heterocycles. The summed E-state index contributed by atoms with van der Waals surface area (Å²) in [5, 5.41) is 16.7. The normalized spacial score (nSPS) is 17.6. The number of benzene rings is 1. The molecule has 3 rings (SSSR count). The van der Waals surface area contributed by atoms with E-state index in [1.807, 2.05) is 50.2 Å². The second kappa shape index (κ2) is 14.1. The fraction of sp³-hybridized carbons (Fsp3) is 0.500. The summed E-state index contributed by atoms with van der Waals surface area (Å²) in [5.74, 6) is -1.27. The molecule has 1 aliphatic heterocycles. The average Bonchev–Trinajstić information content (AvgIpc) is 2.94. The number of nitrogens with one attached hydrogen (secondary N) is 3. The molecule has 1 saturated heterocycles. The van der Waals surface area contributed by atoms with Gasteiger partial charge in [-0.3, -0.25) is 29.2 Å². The van der Waals surface area contributed by atoms with Crippen molar-refractivity contribution in [3.05, 3.63) is 53.7 Å². The lowest BCUT2D eigenvalue weighted by molar-refractivity contribution is -0.142. The Bertz CT molecular complexity index is 1200. The van der Waals surface area contributed by atoms with Gasteiger partial charge in [-0.15, -0.1) is 0 Å². The van der Waals surface area contributed by atoms with Gasteiger partial charge in [0.25, 0.3) is 5.91 Å². The van der Waals surface area contributed by atoms with Gasteiger partial charge in [0.15, 0.2) is 0 Å². The Morgan fingerprint density at radius 2 is 1.85 bits per heavy atom. The number of amides is 3. The summed E-state index contributed by atoms with van der Waals surface area (Å²) < 4.78 is 0. The van der Waals surface area contributed by atoms with Gasteiger partial charge in [0, 0.05) is 24.7 Å². The Kier molecular flexibility index (Phi) is 10.9. The van der Waals surface area contributed by atoms with E-state index in [-0.39, 0.29) is 29.9 Å². The van der Waals surface area contributed by atoms with Crippen molar-refractivity contribution in [2.24, 2.45) is 5.92 Å². The van der Waals surface area contributed by atoms with Crippen LogP contribution in [-0.4, -0.2) is 63.3 Å². The van der Waals surface area contributed by atoms with E-state index in [0.29, 0.717) is 25.8 Å². The lowest BCUT2D eigenvalue weighted by Gasteiger charge is -2.34. The molecule has 2 aromatic rings. The molecule has 0 radical (unpaired) electrons. The number of aryl methyl sites for hydroxylation is 1. The zero-order chi connectivity index (χ0) is 29.4. The summed E-state index contributed by atoms with van der Waals surface area (Å²) in [6, 6.07) is 9.33. The van der Waals surface area contributed by atoms with Gasteiger partial charge in [0.05, 0.1) is 17.8 Å². The van der Waals surface area contributed by atoms with E-state index in [9.17, 15) is 24.3 Å². The van der Waals surface area contributed by atoms with Gasteiger partial charge in [-0.25, -0.2) is 5.43 Å². The van der Waals surface area contributed by atoms with E-state index in [1.54, 1.807) is 20.0 Å². The highest BCUT2D eigenvalue weighted by atomic mass is 16.3. The van der Waals surface area contributed by atoms with Crippen molar-refractivity contribution in [3.63, 3.8) is 0 Å². The molecule has 10 heteroatoms. The zero-order valence-electron chi connectivity index (χ0n) is 23.9. The first-order chi connectivity index (χ1) is 19.0. The van der Waals surface area contributed by atoms with Gasteiger partial charge in [-0.2, -0.15) is 0 Å². The van der Waals surface area contributed by atoms with E-state index < -0.39 is 30.1 Å². The van der Waals surface area contributed by atoms with Crippen LogP contribution >= 0.6 is 0 Å². The number of nitrogens with zero attached hydrogens (tertiary/aromatic N) is 2. The number of rotatable bonds is 11. The van der Waals surface area contributed by atoms with Gasteiger partial charge in [-0.05, 0) is 69.2 Å². The SMILES string of the molecule is CC(=O)[C@@H]1CCCN(C(=O)[C@H](C)NC(=O)[C@@H](NC(=O)CCc2ccc(-c3cccc([C@@H](C)O)c3)nc2)C(C)C)N1. The third-order valence-corrected chi connectivity index (χ3v) is 7.07. The number of carbonyl (C=O) groups is 4. The minimum absolute atomic E-state index is 0.0361. The van der Waals surface area contributed by atoms with Crippen molar-refractivity contribution in [2.45, 2.75) is 84.5 Å². The number of hydrogen-bond donors (Lipinski definition) is 4. The number of hydrazine groups is 1. The number of pyridine rings is 1. The molecular formula is C30H41N5O5. The standard InChI is InChI=1S/C30H41N5O5/c1-18(2)28(29(39)32-19(3)30(40)35-15-7-10-25(34-35)21(5)37)33-27(38)14-12-22-11-13-26(31-17-22)24-9-6-8-23(16-24)20(4)36/h6,8-9,11,13,16-20,25,28,34,36H,7,10,12,14-15H2,1-5H3,(H,32,39)(H,33,38)/t19-,20+,25-,28-/m0/s1. The van der Waals surface area contributed by atoms with E-state index in [0.717, 1.165) is 22.4 Å². The van der Waals surface area contributed by atoms with Crippen molar-refractivity contribution >= 4 is 23.5 Å². The Morgan fingerprint density at radius 1 is 1.10 bits per heavy atom. The fourth-order valence-electron chi connectivity index (χ4n) is 4.58. The maximum atomic E-state index is 13.0. The molecule has 0 bridgehead atoms. The molecule has 0 saturated carbocycles. The Morgan fingerprint density at radius 3 is 2.48 bits per heavy atom. The third kappa shape index (κ3) is 8.43. The first-order valence-corrected chi connectivity index (χ1v) is 13.9. The maximum absolute atomic E-state index is 13.0. The fourth-order valence-corrected chi connectivity index (χ4v) is 4.58. The molecule has 10 nitrogen and oxygen atoms in total. The molecule has 216 valence electrons. The highest BCUT2D eigenvalue weighted by Crippen LogP contribution is 2.22. The highest BCUT2D eigenvalue weighted by Gasteiger charge is 2.31. The summed E-state index contributed by atoms with van der Waals surface area (Å²) in [6.45, 7) is 8.91. The van der Waals surface area contributed by atoms with Crippen LogP contribution in [0.15, 0.2) is 42.6 Å². The van der Waals surface area contributed by atoms with Crippen LogP contribution in [-0.2, 0) is 25.6 Å². The summed E-state index contributed by atoms with van der Waals surface area (Å²) in [5.41, 5.74) is 6.31. The van der Waals surface area contributed by atoms with Gasteiger partial charge in [0.1, 0.15) is 17.9 Å². The quantitative estimate of drug-likeness (QED) is 0.336. The van der Waals surface area contributed by atoms with Crippen molar-refractivity contribution in [1.29, 1.82) is 0 Å². The molecular weight excluding hydrogens is 510 g/mol. The number of Topliss-reactive ketones (excluding diaryl/α,β-unsaturated/α-hetero) is 1. The number of aromatic nitrogens is 1. The molecule has 3 amide bonds. The lowest BCUT2D eigenvalue weighted by Crippen LogP contribution is -2.60. The number of ketones is 1. The van der Waals surface area contributed by atoms with E-state index in [1.165, 1.54) is 11.9 Å². The Labute approximate surface area is 235 Å². The molecule has 4 N–H and O–H groups in total. The van der Waals surface area contributed by atoms with Gasteiger partial charge in [0.2, 0.25) is 11.8 Å². The minimum atomic E-state index is -0.824. The summed E-state index contributed by atoms with van der Waals surface area (Å²) >= 11 is 0. The first kappa shape index (κ1) is 30.9. The van der Waals surface area contributed by atoms with Crippen LogP contribution in [0, 0.1) is 5.92 Å². The second-order valence-electron chi connectivity index (χ2n) is 10.8. The number of aliphatic hydroxyl groups is 1. The van der Waals surface area contributed by atoms with E-state index >= 15 is 0 Å². The zero-order valence-corrected chi connectivity index (χ0v) is 23.9. The van der Waals surface area contributed by atoms with Crippen LogP contribution in [0.2, 0.25) is 0 Å². The number of aliphatic hydroxyl groups excluding tert-OH is 1. The largest absolute Gasteiger partial charge is 0.389 e.